The summed E-state index contributed by atoms with van der Waals surface area (Å²) < 4.78 is 3.49. The molecule has 26 heavy (non-hydrogen) atoms. The summed E-state index contributed by atoms with van der Waals surface area (Å²) in [5.74, 6) is 0. The lowest BCUT2D eigenvalue weighted by atomic mass is 10.2. The van der Waals surface area contributed by atoms with Crippen molar-refractivity contribution in [3.63, 3.8) is 0 Å². The second-order valence-corrected chi connectivity index (χ2v) is 6.24. The second kappa shape index (κ2) is 6.44. The molecule has 4 rings (SSSR count). The maximum Gasteiger partial charge on any atom is 0.273 e. The zero-order chi connectivity index (χ0) is 18.1. The lowest BCUT2D eigenvalue weighted by molar-refractivity contribution is 0.742. The summed E-state index contributed by atoms with van der Waals surface area (Å²) in [6.07, 6.45) is 7.22. The molecule has 4 aromatic rings. The van der Waals surface area contributed by atoms with E-state index in [0.717, 1.165) is 16.9 Å². The van der Waals surface area contributed by atoms with Crippen LogP contribution >= 0.6 is 0 Å². The molecule has 0 aliphatic rings. The molecule has 0 fully saturated rings. The fourth-order valence-electron chi connectivity index (χ4n) is 2.96. The molecule has 0 bridgehead atoms. The number of hydrogen-bond acceptors (Lipinski definition) is 3. The predicted octanol–water partition coefficient (Wildman–Crippen LogP) is 3.67. The summed E-state index contributed by atoms with van der Waals surface area (Å²) in [4.78, 5) is 21.4. The highest BCUT2D eigenvalue weighted by Gasteiger charge is 2.11. The van der Waals surface area contributed by atoms with E-state index in [1.165, 1.54) is 5.56 Å². The third-order valence-corrected chi connectivity index (χ3v) is 4.22. The van der Waals surface area contributed by atoms with Gasteiger partial charge in [0, 0.05) is 30.2 Å². The van der Waals surface area contributed by atoms with Gasteiger partial charge in [0.15, 0.2) is 5.65 Å². The Morgan fingerprint density at radius 1 is 1.00 bits per heavy atom. The Balaban J connectivity index is 1.81. The standard InChI is InChI=1S/C21H18N4O/c1-15-5-9-19(10-6-15)24-16(2)12-20-23-18(13-21(26)25(20)24)8-7-17-4-3-11-22-14-17/h3-14H,1-2H3. The van der Waals surface area contributed by atoms with Crippen LogP contribution in [0.4, 0.5) is 0 Å². The summed E-state index contributed by atoms with van der Waals surface area (Å²) >= 11 is 0. The number of aromatic nitrogens is 4. The average molecular weight is 342 g/mol. The van der Waals surface area contributed by atoms with Crippen LogP contribution in [-0.2, 0) is 0 Å². The number of hydrogen-bond donors (Lipinski definition) is 0. The molecule has 0 saturated heterocycles. The zero-order valence-electron chi connectivity index (χ0n) is 14.6. The van der Waals surface area contributed by atoms with Gasteiger partial charge < -0.3 is 0 Å². The zero-order valence-corrected chi connectivity index (χ0v) is 14.6. The van der Waals surface area contributed by atoms with Crippen molar-refractivity contribution >= 4 is 17.8 Å². The number of nitrogens with zero attached hydrogens (tertiary/aromatic N) is 4. The number of fused-ring (bicyclic) bond motifs is 1. The highest BCUT2D eigenvalue weighted by Crippen LogP contribution is 2.15. The molecule has 1 aromatic carbocycles. The third kappa shape index (κ3) is 2.95. The summed E-state index contributed by atoms with van der Waals surface area (Å²) in [7, 11) is 0. The lowest BCUT2D eigenvalue weighted by Gasteiger charge is -2.09. The van der Waals surface area contributed by atoms with Crippen molar-refractivity contribution in [2.75, 3.05) is 0 Å². The van der Waals surface area contributed by atoms with Crippen LogP contribution in [0.1, 0.15) is 22.5 Å². The van der Waals surface area contributed by atoms with E-state index in [1.807, 2.05) is 73.1 Å². The second-order valence-electron chi connectivity index (χ2n) is 6.24. The highest BCUT2D eigenvalue weighted by atomic mass is 16.1. The smallest absolute Gasteiger partial charge is 0.267 e. The maximum atomic E-state index is 12.7. The van der Waals surface area contributed by atoms with Gasteiger partial charge in [0.25, 0.3) is 5.56 Å². The van der Waals surface area contributed by atoms with Crippen LogP contribution < -0.4 is 5.56 Å². The van der Waals surface area contributed by atoms with Crippen LogP contribution in [-0.4, -0.2) is 19.2 Å². The van der Waals surface area contributed by atoms with E-state index in [0.29, 0.717) is 11.3 Å². The first-order valence-corrected chi connectivity index (χ1v) is 8.39. The first-order chi connectivity index (χ1) is 12.6. The molecule has 3 heterocycles. The Morgan fingerprint density at radius 2 is 1.81 bits per heavy atom. The quantitative estimate of drug-likeness (QED) is 0.571. The Bertz CT molecular complexity index is 1150. The van der Waals surface area contributed by atoms with Gasteiger partial charge >= 0.3 is 0 Å². The van der Waals surface area contributed by atoms with Crippen LogP contribution in [0.25, 0.3) is 23.5 Å². The van der Waals surface area contributed by atoms with Gasteiger partial charge in [-0.05, 0) is 43.7 Å². The van der Waals surface area contributed by atoms with Gasteiger partial charge in [-0.3, -0.25) is 9.78 Å². The topological polar surface area (TPSA) is 52.2 Å². The van der Waals surface area contributed by atoms with Crippen molar-refractivity contribution in [2.45, 2.75) is 13.8 Å². The minimum absolute atomic E-state index is 0.116. The minimum atomic E-state index is -0.116. The van der Waals surface area contributed by atoms with Crippen molar-refractivity contribution in [3.05, 3.63) is 93.8 Å². The van der Waals surface area contributed by atoms with Crippen molar-refractivity contribution < 1.29 is 0 Å². The van der Waals surface area contributed by atoms with E-state index in [1.54, 1.807) is 23.0 Å². The fourth-order valence-corrected chi connectivity index (χ4v) is 2.96. The summed E-state index contributed by atoms with van der Waals surface area (Å²) in [6.45, 7) is 4.01. The first-order valence-electron chi connectivity index (χ1n) is 8.39. The van der Waals surface area contributed by atoms with Crippen LogP contribution in [0.15, 0.2) is 65.7 Å². The van der Waals surface area contributed by atoms with Gasteiger partial charge in [0.1, 0.15) is 0 Å². The van der Waals surface area contributed by atoms with E-state index < -0.39 is 0 Å². The number of pyridine rings is 1. The van der Waals surface area contributed by atoms with E-state index in [-0.39, 0.29) is 5.56 Å². The summed E-state index contributed by atoms with van der Waals surface area (Å²) in [5.41, 5.74) is 5.16. The summed E-state index contributed by atoms with van der Waals surface area (Å²) in [5, 5.41) is 0. The van der Waals surface area contributed by atoms with E-state index >= 15 is 0 Å². The number of rotatable bonds is 3. The normalized spacial score (nSPS) is 11.5. The molecule has 128 valence electrons. The average Bonchev–Trinajstić information content (AvgIpc) is 2.98. The van der Waals surface area contributed by atoms with Crippen LogP contribution in [0.2, 0.25) is 0 Å². The molecule has 0 aliphatic carbocycles. The monoisotopic (exact) mass is 342 g/mol. The molecule has 0 radical (unpaired) electrons. The van der Waals surface area contributed by atoms with Crippen LogP contribution in [0, 0.1) is 13.8 Å². The molecule has 5 nitrogen and oxygen atoms in total. The fraction of sp³-hybridized carbons (Fsp3) is 0.0952. The van der Waals surface area contributed by atoms with Gasteiger partial charge in [-0.2, -0.15) is 4.52 Å². The molecule has 0 atom stereocenters. The largest absolute Gasteiger partial charge is 0.273 e. The number of aryl methyl sites for hydroxylation is 2. The van der Waals surface area contributed by atoms with Crippen LogP contribution in [0.3, 0.4) is 0 Å². The van der Waals surface area contributed by atoms with Crippen LogP contribution in [0.5, 0.6) is 0 Å². The maximum absolute atomic E-state index is 12.7. The lowest BCUT2D eigenvalue weighted by Crippen LogP contribution is -2.20. The van der Waals surface area contributed by atoms with E-state index in [2.05, 4.69) is 9.97 Å². The molecule has 0 saturated carbocycles. The van der Waals surface area contributed by atoms with Crippen molar-refractivity contribution in [3.8, 4) is 5.69 Å². The Labute approximate surface area is 150 Å². The SMILES string of the molecule is Cc1ccc(-n2c(C)cc3nc(C=Cc4cccnc4)cc(=O)n32)cc1. The molecule has 0 aliphatic heterocycles. The van der Waals surface area contributed by atoms with E-state index in [9.17, 15) is 4.79 Å². The molecule has 0 unspecified atom stereocenters. The highest BCUT2D eigenvalue weighted by molar-refractivity contribution is 5.68. The van der Waals surface area contributed by atoms with Crippen molar-refractivity contribution in [1.82, 2.24) is 19.2 Å². The Morgan fingerprint density at radius 3 is 2.54 bits per heavy atom. The van der Waals surface area contributed by atoms with Gasteiger partial charge in [0.2, 0.25) is 0 Å². The molecular formula is C21H18N4O. The van der Waals surface area contributed by atoms with Crippen molar-refractivity contribution in [2.24, 2.45) is 0 Å². The minimum Gasteiger partial charge on any atom is -0.267 e. The molecule has 5 heteroatoms. The van der Waals surface area contributed by atoms with Crippen molar-refractivity contribution in [1.29, 1.82) is 0 Å². The third-order valence-electron chi connectivity index (χ3n) is 4.22. The predicted molar refractivity (Wildman–Crippen MR) is 103 cm³/mol. The van der Waals surface area contributed by atoms with E-state index in [4.69, 9.17) is 0 Å². The first kappa shape index (κ1) is 16.0. The number of benzene rings is 1. The van der Waals surface area contributed by atoms with Gasteiger partial charge in [-0.25, -0.2) is 9.67 Å². The Kier molecular flexibility index (Phi) is 3.97. The molecule has 0 spiro atoms. The summed E-state index contributed by atoms with van der Waals surface area (Å²) in [6, 6.07) is 15.4. The van der Waals surface area contributed by atoms with Gasteiger partial charge in [-0.15, -0.1) is 0 Å². The molecule has 0 N–H and O–H groups in total. The van der Waals surface area contributed by atoms with Gasteiger partial charge in [0.05, 0.1) is 11.4 Å². The molecule has 3 aromatic heterocycles. The molecule has 0 amide bonds. The molecular weight excluding hydrogens is 324 g/mol. The Hall–Kier alpha value is -3.47. The van der Waals surface area contributed by atoms with Gasteiger partial charge in [-0.1, -0.05) is 29.8 Å².